The highest BCUT2D eigenvalue weighted by atomic mass is 79.9. The molecule has 1 aliphatic rings. The third kappa shape index (κ3) is 3.29. The summed E-state index contributed by atoms with van der Waals surface area (Å²) in [4.78, 5) is 6.24. The van der Waals surface area contributed by atoms with Gasteiger partial charge < -0.3 is 4.74 Å². The first-order valence-corrected chi connectivity index (χ1v) is 6.64. The van der Waals surface area contributed by atoms with E-state index >= 15 is 0 Å². The Bertz CT molecular complexity index is 507. The lowest BCUT2D eigenvalue weighted by atomic mass is 10.1. The third-order valence-electron chi connectivity index (χ3n) is 2.40. The van der Waals surface area contributed by atoms with E-state index in [2.05, 4.69) is 20.9 Å². The monoisotopic (exact) mass is 413 g/mol. The highest BCUT2D eigenvalue weighted by Gasteiger charge is 2.33. The smallest absolute Gasteiger partial charge is 0.222 e. The molecule has 0 aliphatic carbocycles. The van der Waals surface area contributed by atoms with Crippen LogP contribution in [0.2, 0.25) is 10.0 Å². The molecule has 2 rings (SSSR count). The van der Waals surface area contributed by atoms with E-state index < -0.39 is 0 Å². The lowest BCUT2D eigenvalue weighted by Crippen LogP contribution is -2.14. The standard InChI is InChI=1S/C12H10BrCl2NO.BrH/c1-12(2)10(6-13)17-11(16-12)7-3-8(14)5-9(15)4-7;/h3-6H,1-2H3;1H. The zero-order chi connectivity index (χ0) is 12.6. The van der Waals surface area contributed by atoms with Gasteiger partial charge >= 0.3 is 0 Å². The van der Waals surface area contributed by atoms with Crippen molar-refractivity contribution in [2.75, 3.05) is 0 Å². The molecule has 1 aromatic rings. The summed E-state index contributed by atoms with van der Waals surface area (Å²) in [6.45, 7) is 3.94. The van der Waals surface area contributed by atoms with E-state index in [0.717, 1.165) is 11.3 Å². The molecule has 0 radical (unpaired) electrons. The number of hydrogen-bond acceptors (Lipinski definition) is 2. The van der Waals surface area contributed by atoms with Crippen LogP contribution in [0.4, 0.5) is 0 Å². The molecule has 0 aromatic heterocycles. The van der Waals surface area contributed by atoms with Crippen LogP contribution in [-0.4, -0.2) is 11.4 Å². The van der Waals surface area contributed by atoms with Crippen LogP contribution in [0.25, 0.3) is 0 Å². The Morgan fingerprint density at radius 1 is 1.22 bits per heavy atom. The van der Waals surface area contributed by atoms with Gasteiger partial charge in [-0.3, -0.25) is 0 Å². The van der Waals surface area contributed by atoms with E-state index in [1.54, 1.807) is 23.2 Å². The third-order valence-corrected chi connectivity index (χ3v) is 3.25. The molecule has 1 aromatic carbocycles. The first-order chi connectivity index (χ1) is 7.92. The molecular weight excluding hydrogens is 405 g/mol. The fourth-order valence-electron chi connectivity index (χ4n) is 1.52. The van der Waals surface area contributed by atoms with E-state index in [1.807, 2.05) is 13.8 Å². The van der Waals surface area contributed by atoms with E-state index in [-0.39, 0.29) is 22.5 Å². The highest BCUT2D eigenvalue weighted by Crippen LogP contribution is 2.32. The second kappa shape index (κ2) is 5.95. The van der Waals surface area contributed by atoms with Crippen molar-refractivity contribution in [3.63, 3.8) is 0 Å². The molecule has 0 N–H and O–H groups in total. The molecule has 18 heavy (non-hydrogen) atoms. The second-order valence-corrected chi connectivity index (χ2v) is 5.54. The summed E-state index contributed by atoms with van der Waals surface area (Å²) in [5.74, 6) is 1.29. The quantitative estimate of drug-likeness (QED) is 0.604. The van der Waals surface area contributed by atoms with Gasteiger partial charge in [0.15, 0.2) is 0 Å². The van der Waals surface area contributed by atoms with Crippen molar-refractivity contribution in [1.29, 1.82) is 0 Å². The van der Waals surface area contributed by atoms with Crippen LogP contribution in [0, 0.1) is 0 Å². The number of ether oxygens (including phenoxy) is 1. The molecule has 98 valence electrons. The van der Waals surface area contributed by atoms with Crippen molar-refractivity contribution in [1.82, 2.24) is 0 Å². The van der Waals surface area contributed by atoms with Crippen molar-refractivity contribution < 1.29 is 4.74 Å². The molecule has 0 amide bonds. The van der Waals surface area contributed by atoms with E-state index in [4.69, 9.17) is 27.9 Å². The molecular formula is C12H11Br2Cl2NO. The van der Waals surface area contributed by atoms with Crippen molar-refractivity contribution >= 4 is 62.0 Å². The predicted octanol–water partition coefficient (Wildman–Crippen LogP) is 5.36. The van der Waals surface area contributed by atoms with Gasteiger partial charge in [0, 0.05) is 20.6 Å². The van der Waals surface area contributed by atoms with Gasteiger partial charge in [0.2, 0.25) is 5.90 Å². The summed E-state index contributed by atoms with van der Waals surface area (Å²) in [6.07, 6.45) is 0. The lowest BCUT2D eigenvalue weighted by molar-refractivity contribution is 0.383. The Morgan fingerprint density at radius 3 is 2.22 bits per heavy atom. The Morgan fingerprint density at radius 2 is 1.78 bits per heavy atom. The second-order valence-electron chi connectivity index (χ2n) is 4.21. The van der Waals surface area contributed by atoms with Crippen LogP contribution in [0.15, 0.2) is 33.9 Å². The van der Waals surface area contributed by atoms with E-state index in [1.165, 1.54) is 0 Å². The summed E-state index contributed by atoms with van der Waals surface area (Å²) in [5.41, 5.74) is 0.396. The number of hydrogen-bond donors (Lipinski definition) is 0. The fourth-order valence-corrected chi connectivity index (χ4v) is 2.70. The van der Waals surface area contributed by atoms with Crippen LogP contribution in [0.5, 0.6) is 0 Å². The predicted molar refractivity (Wildman–Crippen MR) is 85.5 cm³/mol. The molecule has 0 saturated heterocycles. The Kier molecular flexibility index (Phi) is 5.30. The lowest BCUT2D eigenvalue weighted by Gasteiger charge is -2.12. The molecule has 2 nitrogen and oxygen atoms in total. The SMILES string of the molecule is Br.CC1(C)N=C(c2cc(Cl)cc(Cl)c2)OC1=CBr. The minimum Gasteiger partial charge on any atom is -0.440 e. The maximum atomic E-state index is 5.95. The van der Waals surface area contributed by atoms with Crippen LogP contribution in [0.1, 0.15) is 19.4 Å². The van der Waals surface area contributed by atoms with Gasteiger partial charge in [-0.2, -0.15) is 0 Å². The molecule has 1 heterocycles. The molecule has 0 atom stereocenters. The Labute approximate surface area is 135 Å². The van der Waals surface area contributed by atoms with E-state index in [9.17, 15) is 0 Å². The van der Waals surface area contributed by atoms with Crippen molar-refractivity contribution in [2.24, 2.45) is 4.99 Å². The first kappa shape index (κ1) is 16.0. The number of halogens is 4. The average Bonchev–Trinajstić information content (AvgIpc) is 2.52. The highest BCUT2D eigenvalue weighted by molar-refractivity contribution is 9.11. The van der Waals surface area contributed by atoms with Crippen LogP contribution in [0.3, 0.4) is 0 Å². The summed E-state index contributed by atoms with van der Waals surface area (Å²) in [6, 6.07) is 5.23. The summed E-state index contributed by atoms with van der Waals surface area (Å²) in [5, 5.41) is 1.13. The molecule has 0 unspecified atom stereocenters. The van der Waals surface area contributed by atoms with Gasteiger partial charge in [-0.25, -0.2) is 4.99 Å². The molecule has 0 spiro atoms. The first-order valence-electron chi connectivity index (χ1n) is 4.97. The number of nitrogens with zero attached hydrogens (tertiary/aromatic N) is 1. The van der Waals surface area contributed by atoms with Crippen LogP contribution in [-0.2, 0) is 4.74 Å². The zero-order valence-corrected chi connectivity index (χ0v) is 14.5. The van der Waals surface area contributed by atoms with Gasteiger partial charge in [0.25, 0.3) is 0 Å². The number of rotatable bonds is 1. The minimum absolute atomic E-state index is 0. The normalized spacial score (nSPS) is 19.2. The largest absolute Gasteiger partial charge is 0.440 e. The van der Waals surface area contributed by atoms with Gasteiger partial charge in [-0.05, 0) is 32.0 Å². The summed E-state index contributed by atoms with van der Waals surface area (Å²) < 4.78 is 5.67. The van der Waals surface area contributed by atoms with Gasteiger partial charge in [0.05, 0.1) is 0 Å². The number of benzene rings is 1. The number of aliphatic imine (C=N–C) groups is 1. The van der Waals surface area contributed by atoms with Gasteiger partial charge in [-0.1, -0.05) is 39.1 Å². The Hall–Kier alpha value is -0.0300. The molecule has 6 heteroatoms. The van der Waals surface area contributed by atoms with Crippen molar-refractivity contribution in [2.45, 2.75) is 19.4 Å². The maximum Gasteiger partial charge on any atom is 0.222 e. The van der Waals surface area contributed by atoms with Crippen LogP contribution < -0.4 is 0 Å². The van der Waals surface area contributed by atoms with Gasteiger partial charge in [0.1, 0.15) is 11.3 Å². The van der Waals surface area contributed by atoms with Crippen molar-refractivity contribution in [3.8, 4) is 0 Å². The average molecular weight is 416 g/mol. The maximum absolute atomic E-state index is 5.95. The topological polar surface area (TPSA) is 21.6 Å². The van der Waals surface area contributed by atoms with Gasteiger partial charge in [-0.15, -0.1) is 17.0 Å². The molecule has 0 bridgehead atoms. The zero-order valence-electron chi connectivity index (χ0n) is 9.71. The fraction of sp³-hybridized carbons (Fsp3) is 0.250. The summed E-state index contributed by atoms with van der Waals surface area (Å²) in [7, 11) is 0. The molecule has 0 saturated carbocycles. The Balaban J connectivity index is 0.00000162. The van der Waals surface area contributed by atoms with Crippen molar-refractivity contribution in [3.05, 3.63) is 44.6 Å². The van der Waals surface area contributed by atoms with Crippen LogP contribution >= 0.6 is 56.1 Å². The van der Waals surface area contributed by atoms with E-state index in [0.29, 0.717) is 15.9 Å². The molecule has 0 fully saturated rings. The summed E-state index contributed by atoms with van der Waals surface area (Å²) >= 11 is 15.2. The minimum atomic E-state index is -0.381. The molecule has 1 aliphatic heterocycles.